The molecule has 0 saturated carbocycles. The zero-order valence-electron chi connectivity index (χ0n) is 5.86. The fraction of sp³-hybridized carbons (Fsp3) is 0.750. The highest BCUT2D eigenvalue weighted by Crippen LogP contribution is 2.29. The van der Waals surface area contributed by atoms with Gasteiger partial charge in [-0.25, -0.2) is 0 Å². The highest BCUT2D eigenvalue weighted by Gasteiger charge is 2.18. The Morgan fingerprint density at radius 3 is 2.25 bits per heavy atom. The summed E-state index contributed by atoms with van der Waals surface area (Å²) in [7, 11) is 0. The Balaban J connectivity index is 2.59. The van der Waals surface area contributed by atoms with Gasteiger partial charge in [0.2, 0.25) is 0 Å². The maximum absolute atomic E-state index is 3.34. The summed E-state index contributed by atoms with van der Waals surface area (Å²) in [4.78, 5) is 0. The molecule has 0 nitrogen and oxygen atoms in total. The molecule has 0 amide bonds. The second kappa shape index (κ2) is 1.93. The van der Waals surface area contributed by atoms with Crippen molar-refractivity contribution in [3.05, 3.63) is 11.6 Å². The first-order chi connectivity index (χ1) is 3.72. The van der Waals surface area contributed by atoms with E-state index < -0.39 is 0 Å². The summed E-state index contributed by atoms with van der Waals surface area (Å²) in [6, 6.07) is 0. The molecular weight excluding hydrogens is 96.1 g/mol. The second-order valence-electron chi connectivity index (χ2n) is 2.83. The third-order valence-corrected chi connectivity index (χ3v) is 2.24. The summed E-state index contributed by atoms with van der Waals surface area (Å²) < 4.78 is 0. The van der Waals surface area contributed by atoms with Gasteiger partial charge in [0, 0.05) is 0 Å². The number of hydrogen-bond acceptors (Lipinski definition) is 0. The fourth-order valence-electron chi connectivity index (χ4n) is 1.09. The van der Waals surface area contributed by atoms with Crippen LogP contribution in [0.2, 0.25) is 0 Å². The first-order valence-corrected chi connectivity index (χ1v) is 3.29. The number of rotatable bonds is 0. The van der Waals surface area contributed by atoms with Crippen molar-refractivity contribution in [1.82, 2.24) is 0 Å². The third-order valence-electron chi connectivity index (χ3n) is 2.24. The van der Waals surface area contributed by atoms with Crippen LogP contribution in [-0.4, -0.2) is 0 Å². The Morgan fingerprint density at radius 2 is 2.12 bits per heavy atom. The molecule has 0 spiro atoms. The van der Waals surface area contributed by atoms with E-state index in [-0.39, 0.29) is 0 Å². The summed E-state index contributed by atoms with van der Waals surface area (Å²) in [6.45, 7) is 6.74. The molecule has 0 N–H and O–H groups in total. The normalized spacial score (nSPS) is 37.6. The molecule has 0 saturated heterocycles. The summed E-state index contributed by atoms with van der Waals surface area (Å²) in [5.41, 5.74) is 1.46. The maximum Gasteiger partial charge on any atom is -0.0200 e. The Hall–Kier alpha value is -0.260. The van der Waals surface area contributed by atoms with Crippen LogP contribution < -0.4 is 0 Å². The van der Waals surface area contributed by atoms with E-state index in [1.807, 2.05) is 0 Å². The molecule has 2 unspecified atom stereocenters. The Kier molecular flexibility index (Phi) is 1.41. The lowest BCUT2D eigenvalue weighted by Gasteiger charge is -2.09. The topological polar surface area (TPSA) is 0 Å². The van der Waals surface area contributed by atoms with Crippen molar-refractivity contribution in [3.63, 3.8) is 0 Å². The van der Waals surface area contributed by atoms with Crippen LogP contribution in [0.25, 0.3) is 0 Å². The van der Waals surface area contributed by atoms with Crippen molar-refractivity contribution in [2.24, 2.45) is 11.8 Å². The minimum absolute atomic E-state index is 0.787. The lowest BCUT2D eigenvalue weighted by molar-refractivity contribution is 0.480. The lowest BCUT2D eigenvalue weighted by Crippen LogP contribution is -2.00. The van der Waals surface area contributed by atoms with Crippen molar-refractivity contribution in [2.45, 2.75) is 27.2 Å². The summed E-state index contributed by atoms with van der Waals surface area (Å²) >= 11 is 0. The standard InChI is InChI=1S/C8H13/c1-6-4-5-7(2)8(6)3/h6,8H,4H2,1-3H3. The fourth-order valence-corrected chi connectivity index (χ4v) is 1.09. The lowest BCUT2D eigenvalue weighted by atomic mass is 9.96. The van der Waals surface area contributed by atoms with Gasteiger partial charge in [-0.2, -0.15) is 0 Å². The van der Waals surface area contributed by atoms with Crippen LogP contribution in [0, 0.1) is 17.9 Å². The first-order valence-electron chi connectivity index (χ1n) is 3.29. The average molecular weight is 109 g/mol. The van der Waals surface area contributed by atoms with E-state index >= 15 is 0 Å². The average Bonchev–Trinajstić information content (AvgIpc) is 1.98. The molecule has 0 aromatic carbocycles. The zero-order chi connectivity index (χ0) is 6.15. The van der Waals surface area contributed by atoms with Crippen molar-refractivity contribution in [2.75, 3.05) is 0 Å². The van der Waals surface area contributed by atoms with E-state index in [2.05, 4.69) is 26.8 Å². The van der Waals surface area contributed by atoms with E-state index in [1.54, 1.807) is 0 Å². The van der Waals surface area contributed by atoms with Crippen LogP contribution in [-0.2, 0) is 0 Å². The highest BCUT2D eigenvalue weighted by molar-refractivity contribution is 5.05. The van der Waals surface area contributed by atoms with Gasteiger partial charge in [-0.1, -0.05) is 19.4 Å². The van der Waals surface area contributed by atoms with Crippen molar-refractivity contribution >= 4 is 0 Å². The summed E-state index contributed by atoms with van der Waals surface area (Å²) in [6.07, 6.45) is 4.51. The molecule has 0 heterocycles. The Morgan fingerprint density at radius 1 is 1.50 bits per heavy atom. The number of allylic oxidation sites excluding steroid dienone is 2. The van der Waals surface area contributed by atoms with E-state index in [1.165, 1.54) is 12.0 Å². The van der Waals surface area contributed by atoms with E-state index in [0.29, 0.717) is 0 Å². The molecule has 8 heavy (non-hydrogen) atoms. The van der Waals surface area contributed by atoms with Gasteiger partial charge >= 0.3 is 0 Å². The quantitative estimate of drug-likeness (QED) is 0.448. The first kappa shape index (κ1) is 5.87. The summed E-state index contributed by atoms with van der Waals surface area (Å²) in [5, 5.41) is 0. The van der Waals surface area contributed by atoms with E-state index in [9.17, 15) is 0 Å². The predicted octanol–water partition coefficient (Wildman–Crippen LogP) is 2.41. The van der Waals surface area contributed by atoms with Gasteiger partial charge in [0.05, 0.1) is 0 Å². The molecular formula is C8H13. The van der Waals surface area contributed by atoms with Crippen molar-refractivity contribution in [1.29, 1.82) is 0 Å². The van der Waals surface area contributed by atoms with Gasteiger partial charge in [0.15, 0.2) is 0 Å². The molecule has 1 aliphatic carbocycles. The van der Waals surface area contributed by atoms with Crippen molar-refractivity contribution in [3.8, 4) is 0 Å². The molecule has 45 valence electrons. The second-order valence-corrected chi connectivity index (χ2v) is 2.83. The van der Waals surface area contributed by atoms with Crippen LogP contribution in [0.4, 0.5) is 0 Å². The molecule has 1 radical (unpaired) electrons. The molecule has 0 heteroatoms. The van der Waals surface area contributed by atoms with E-state index in [0.717, 1.165) is 11.8 Å². The van der Waals surface area contributed by atoms with Gasteiger partial charge < -0.3 is 0 Å². The minimum Gasteiger partial charge on any atom is -0.0667 e. The zero-order valence-corrected chi connectivity index (χ0v) is 5.86. The largest absolute Gasteiger partial charge is 0.0667 e. The molecule has 0 aromatic rings. The van der Waals surface area contributed by atoms with Gasteiger partial charge in [0.25, 0.3) is 0 Å². The molecule has 0 fully saturated rings. The predicted molar refractivity (Wildman–Crippen MR) is 35.4 cm³/mol. The Bertz CT molecular complexity index is 111. The summed E-state index contributed by atoms with van der Waals surface area (Å²) in [5.74, 6) is 1.63. The Labute approximate surface area is 51.6 Å². The monoisotopic (exact) mass is 109 g/mol. The molecule has 0 bridgehead atoms. The van der Waals surface area contributed by atoms with Crippen LogP contribution in [0.15, 0.2) is 5.57 Å². The molecule has 1 rings (SSSR count). The van der Waals surface area contributed by atoms with E-state index in [4.69, 9.17) is 0 Å². The van der Waals surface area contributed by atoms with Crippen LogP contribution in [0.3, 0.4) is 0 Å². The smallest absolute Gasteiger partial charge is 0.0200 e. The minimum atomic E-state index is 0.787. The SMILES string of the molecule is CC1=[C]CC(C)C1C. The van der Waals surface area contributed by atoms with Crippen LogP contribution in [0.1, 0.15) is 27.2 Å². The molecule has 1 aliphatic rings. The van der Waals surface area contributed by atoms with Gasteiger partial charge in [0.1, 0.15) is 0 Å². The maximum atomic E-state index is 3.34. The highest BCUT2D eigenvalue weighted by atomic mass is 14.2. The van der Waals surface area contributed by atoms with Crippen LogP contribution in [0.5, 0.6) is 0 Å². The number of hydrogen-bond donors (Lipinski definition) is 0. The van der Waals surface area contributed by atoms with Gasteiger partial charge in [-0.3, -0.25) is 0 Å². The molecule has 2 atom stereocenters. The van der Waals surface area contributed by atoms with Crippen LogP contribution >= 0.6 is 0 Å². The van der Waals surface area contributed by atoms with Gasteiger partial charge in [-0.05, 0) is 31.3 Å². The molecule has 0 aliphatic heterocycles. The van der Waals surface area contributed by atoms with Gasteiger partial charge in [-0.15, -0.1) is 0 Å². The third kappa shape index (κ3) is 0.795. The van der Waals surface area contributed by atoms with Crippen molar-refractivity contribution < 1.29 is 0 Å². The molecule has 0 aromatic heterocycles.